The van der Waals surface area contributed by atoms with Gasteiger partial charge < -0.3 is 14.5 Å². The van der Waals surface area contributed by atoms with Crippen LogP contribution in [0.4, 0.5) is 0 Å². The Bertz CT molecular complexity index is 736. The van der Waals surface area contributed by atoms with E-state index in [2.05, 4.69) is 11.9 Å². The number of imide groups is 1. The van der Waals surface area contributed by atoms with Gasteiger partial charge in [-0.15, -0.1) is 0 Å². The van der Waals surface area contributed by atoms with Gasteiger partial charge >= 0.3 is 0 Å². The van der Waals surface area contributed by atoms with Gasteiger partial charge in [0.1, 0.15) is 11.4 Å². The number of hydrogen-bond donors (Lipinski definition) is 0. The van der Waals surface area contributed by atoms with Crippen LogP contribution in [0.1, 0.15) is 25.3 Å². The molecule has 6 nitrogen and oxygen atoms in total. The Morgan fingerprint density at radius 2 is 1.81 bits per heavy atom. The fraction of sp³-hybridized carbons (Fsp3) is 0.500. The maximum atomic E-state index is 13.0. The Balaban J connectivity index is 2.07. The van der Waals surface area contributed by atoms with E-state index in [4.69, 9.17) is 4.74 Å². The number of likely N-dealkylation sites (tertiary alicyclic amines) is 1. The van der Waals surface area contributed by atoms with Gasteiger partial charge in [-0.05, 0) is 46.0 Å². The van der Waals surface area contributed by atoms with Crippen molar-refractivity contribution in [1.29, 1.82) is 0 Å². The Labute approximate surface area is 155 Å². The van der Waals surface area contributed by atoms with E-state index in [9.17, 15) is 9.59 Å². The number of amides is 2. The molecule has 6 heteroatoms. The van der Waals surface area contributed by atoms with Crippen LogP contribution in [0.25, 0.3) is 5.57 Å². The molecule has 3 rings (SSSR count). The van der Waals surface area contributed by atoms with Crippen molar-refractivity contribution in [1.82, 2.24) is 14.7 Å². The summed E-state index contributed by atoms with van der Waals surface area (Å²) in [5.41, 5.74) is 1.63. The summed E-state index contributed by atoms with van der Waals surface area (Å²) in [6.45, 7) is 4.17. The Hall–Kier alpha value is -2.34. The molecule has 0 unspecified atom stereocenters. The van der Waals surface area contributed by atoms with Gasteiger partial charge in [-0.25, -0.2) is 0 Å². The number of carbonyl (C=O) groups is 2. The third kappa shape index (κ3) is 3.09. The molecule has 0 aliphatic carbocycles. The van der Waals surface area contributed by atoms with Gasteiger partial charge in [0, 0.05) is 25.2 Å². The number of rotatable bonds is 5. The van der Waals surface area contributed by atoms with Crippen LogP contribution in [0, 0.1) is 0 Å². The fourth-order valence-electron chi connectivity index (χ4n) is 3.84. The number of hydrogen-bond acceptors (Lipinski definition) is 5. The van der Waals surface area contributed by atoms with E-state index in [0.29, 0.717) is 29.1 Å². The van der Waals surface area contributed by atoms with Crippen molar-refractivity contribution in [3.8, 4) is 5.75 Å². The molecule has 0 atom stereocenters. The van der Waals surface area contributed by atoms with E-state index in [1.165, 1.54) is 4.90 Å². The standard InChI is InChI=1S/C20H27N3O3/c1-5-23-19(24)17(15-8-6-7-9-16(15)26-4)18(20(23)25)22(3)14-10-12-21(2)13-11-14/h6-9,14H,5,10-13H2,1-4H3. The Kier molecular flexibility index (Phi) is 5.32. The fourth-order valence-corrected chi connectivity index (χ4v) is 3.84. The predicted molar refractivity (Wildman–Crippen MR) is 101 cm³/mol. The van der Waals surface area contributed by atoms with E-state index in [1.807, 2.05) is 43.1 Å². The molecule has 1 aromatic carbocycles. The SMILES string of the molecule is CCN1C(=O)C(c2ccccc2OC)=C(N(C)C2CCN(C)CC2)C1=O. The molecule has 0 radical (unpaired) electrons. The number of piperidine rings is 1. The van der Waals surface area contributed by atoms with Gasteiger partial charge in [0.05, 0.1) is 12.7 Å². The van der Waals surface area contributed by atoms with Crippen LogP contribution in [0.2, 0.25) is 0 Å². The lowest BCUT2D eigenvalue weighted by Gasteiger charge is -2.36. The molecule has 1 saturated heterocycles. The zero-order valence-corrected chi connectivity index (χ0v) is 16.0. The van der Waals surface area contributed by atoms with Crippen molar-refractivity contribution in [2.75, 3.05) is 40.8 Å². The average Bonchev–Trinajstić information content (AvgIpc) is 2.91. The molecule has 2 aliphatic rings. The highest BCUT2D eigenvalue weighted by Gasteiger charge is 2.42. The number of benzene rings is 1. The lowest BCUT2D eigenvalue weighted by Crippen LogP contribution is -2.43. The van der Waals surface area contributed by atoms with E-state index >= 15 is 0 Å². The number of nitrogens with zero attached hydrogens (tertiary/aromatic N) is 3. The molecule has 0 bridgehead atoms. The monoisotopic (exact) mass is 357 g/mol. The molecule has 2 aliphatic heterocycles. The summed E-state index contributed by atoms with van der Waals surface area (Å²) in [5, 5.41) is 0. The molecular weight excluding hydrogens is 330 g/mol. The minimum Gasteiger partial charge on any atom is -0.496 e. The van der Waals surface area contributed by atoms with Crippen molar-refractivity contribution in [2.24, 2.45) is 0 Å². The lowest BCUT2D eigenvalue weighted by atomic mass is 9.99. The van der Waals surface area contributed by atoms with E-state index < -0.39 is 0 Å². The third-order valence-corrected chi connectivity index (χ3v) is 5.42. The van der Waals surface area contributed by atoms with Gasteiger partial charge in [-0.3, -0.25) is 14.5 Å². The van der Waals surface area contributed by atoms with Crippen LogP contribution in [0.3, 0.4) is 0 Å². The first-order valence-electron chi connectivity index (χ1n) is 9.14. The van der Waals surface area contributed by atoms with Crippen LogP contribution in [0.5, 0.6) is 5.75 Å². The molecule has 1 aromatic rings. The molecule has 140 valence electrons. The van der Waals surface area contributed by atoms with Crippen molar-refractivity contribution < 1.29 is 14.3 Å². The molecule has 2 heterocycles. The largest absolute Gasteiger partial charge is 0.496 e. The minimum absolute atomic E-state index is 0.208. The predicted octanol–water partition coefficient (Wildman–Crippen LogP) is 1.82. The Morgan fingerprint density at radius 1 is 1.15 bits per heavy atom. The second kappa shape index (κ2) is 7.50. The summed E-state index contributed by atoms with van der Waals surface area (Å²) in [7, 11) is 5.63. The summed E-state index contributed by atoms with van der Waals surface area (Å²) < 4.78 is 5.46. The minimum atomic E-state index is -0.239. The molecule has 2 amide bonds. The van der Waals surface area contributed by atoms with Crippen LogP contribution >= 0.6 is 0 Å². The normalized spacial score (nSPS) is 19.5. The summed E-state index contributed by atoms with van der Waals surface area (Å²) in [6, 6.07) is 7.65. The average molecular weight is 357 g/mol. The highest BCUT2D eigenvalue weighted by molar-refractivity contribution is 6.36. The third-order valence-electron chi connectivity index (χ3n) is 5.42. The maximum Gasteiger partial charge on any atom is 0.277 e. The second-order valence-corrected chi connectivity index (χ2v) is 6.92. The zero-order chi connectivity index (χ0) is 18.8. The van der Waals surface area contributed by atoms with Crippen molar-refractivity contribution in [2.45, 2.75) is 25.8 Å². The van der Waals surface area contributed by atoms with Crippen LogP contribution < -0.4 is 4.74 Å². The van der Waals surface area contributed by atoms with E-state index in [0.717, 1.165) is 25.9 Å². The van der Waals surface area contributed by atoms with Gasteiger partial charge in [0.25, 0.3) is 11.8 Å². The van der Waals surface area contributed by atoms with Crippen LogP contribution in [0.15, 0.2) is 30.0 Å². The Morgan fingerprint density at radius 3 is 2.42 bits per heavy atom. The highest BCUT2D eigenvalue weighted by atomic mass is 16.5. The van der Waals surface area contributed by atoms with Crippen LogP contribution in [-0.2, 0) is 9.59 Å². The number of methoxy groups -OCH3 is 1. The molecule has 26 heavy (non-hydrogen) atoms. The lowest BCUT2D eigenvalue weighted by molar-refractivity contribution is -0.137. The van der Waals surface area contributed by atoms with E-state index in [-0.39, 0.29) is 17.9 Å². The van der Waals surface area contributed by atoms with Crippen molar-refractivity contribution in [3.05, 3.63) is 35.5 Å². The first-order valence-corrected chi connectivity index (χ1v) is 9.14. The van der Waals surface area contributed by atoms with Crippen molar-refractivity contribution >= 4 is 17.4 Å². The van der Waals surface area contributed by atoms with Gasteiger partial charge in [0.15, 0.2) is 0 Å². The number of carbonyl (C=O) groups excluding carboxylic acids is 2. The highest BCUT2D eigenvalue weighted by Crippen LogP contribution is 2.37. The molecule has 0 N–H and O–H groups in total. The molecule has 1 fully saturated rings. The van der Waals surface area contributed by atoms with Crippen LogP contribution in [-0.4, -0.2) is 73.4 Å². The number of para-hydroxylation sites is 1. The molecule has 0 aromatic heterocycles. The topological polar surface area (TPSA) is 53.1 Å². The zero-order valence-electron chi connectivity index (χ0n) is 16.0. The summed E-state index contributed by atoms with van der Waals surface area (Å²) in [4.78, 5) is 31.7. The first-order chi connectivity index (χ1) is 12.5. The molecule has 0 spiro atoms. The second-order valence-electron chi connectivity index (χ2n) is 6.92. The van der Waals surface area contributed by atoms with Crippen molar-refractivity contribution in [3.63, 3.8) is 0 Å². The summed E-state index contributed by atoms with van der Waals surface area (Å²) in [5.74, 6) is 0.160. The number of ether oxygens (including phenoxy) is 1. The van der Waals surface area contributed by atoms with Gasteiger partial charge in [-0.2, -0.15) is 0 Å². The first kappa shape index (κ1) is 18.5. The van der Waals surface area contributed by atoms with Gasteiger partial charge in [-0.1, -0.05) is 18.2 Å². The smallest absolute Gasteiger partial charge is 0.277 e. The summed E-state index contributed by atoms with van der Waals surface area (Å²) >= 11 is 0. The maximum absolute atomic E-state index is 13.0. The van der Waals surface area contributed by atoms with Gasteiger partial charge in [0.2, 0.25) is 0 Å². The molecular formula is C20H27N3O3. The number of likely N-dealkylation sites (N-methyl/N-ethyl adjacent to an activating group) is 2. The van der Waals surface area contributed by atoms with E-state index in [1.54, 1.807) is 7.11 Å². The molecule has 0 saturated carbocycles. The summed E-state index contributed by atoms with van der Waals surface area (Å²) in [6.07, 6.45) is 1.95. The quantitative estimate of drug-likeness (QED) is 0.753.